The van der Waals surface area contributed by atoms with Crippen LogP contribution in [0.5, 0.6) is 5.75 Å². The van der Waals surface area contributed by atoms with Gasteiger partial charge in [-0.25, -0.2) is 0 Å². The van der Waals surface area contributed by atoms with Gasteiger partial charge in [-0.2, -0.15) is 0 Å². The summed E-state index contributed by atoms with van der Waals surface area (Å²) in [4.78, 5) is 23.2. The van der Waals surface area contributed by atoms with Crippen molar-refractivity contribution in [3.8, 4) is 5.75 Å². The number of benzene rings is 1. The lowest BCUT2D eigenvalue weighted by Gasteiger charge is -2.13. The third-order valence-corrected chi connectivity index (χ3v) is 3.77. The fraction of sp³-hybridized carbons (Fsp3) is 0.500. The summed E-state index contributed by atoms with van der Waals surface area (Å²) in [6.45, 7) is 0.902. The second-order valence-corrected chi connectivity index (χ2v) is 5.39. The van der Waals surface area contributed by atoms with E-state index in [1.807, 2.05) is 0 Å². The van der Waals surface area contributed by atoms with Crippen molar-refractivity contribution >= 4 is 11.9 Å². The molecule has 0 aromatic heterocycles. The van der Waals surface area contributed by atoms with Gasteiger partial charge in [0.2, 0.25) is 0 Å². The Kier molecular flexibility index (Phi) is 5.77. The Morgan fingerprint density at radius 3 is 2.82 bits per heavy atom. The zero-order valence-electron chi connectivity index (χ0n) is 12.6. The van der Waals surface area contributed by atoms with E-state index in [1.165, 1.54) is 0 Å². The highest BCUT2D eigenvalue weighted by Crippen LogP contribution is 2.26. The van der Waals surface area contributed by atoms with Crippen molar-refractivity contribution in [1.82, 2.24) is 5.32 Å². The van der Waals surface area contributed by atoms with Crippen LogP contribution in [0, 0.1) is 5.92 Å². The first-order chi connectivity index (χ1) is 10.6. The highest BCUT2D eigenvalue weighted by Gasteiger charge is 2.30. The van der Waals surface area contributed by atoms with E-state index in [0.717, 1.165) is 0 Å². The highest BCUT2D eigenvalue weighted by atomic mass is 16.5. The first-order valence-corrected chi connectivity index (χ1v) is 7.35. The van der Waals surface area contributed by atoms with Crippen LogP contribution in [0.1, 0.15) is 29.6 Å². The summed E-state index contributed by atoms with van der Waals surface area (Å²) in [5, 5.41) is 11.9. The number of nitrogens with one attached hydrogen (secondary N) is 1. The molecule has 0 radical (unpaired) electrons. The third kappa shape index (κ3) is 4.46. The molecule has 0 aliphatic heterocycles. The molecule has 120 valence electrons. The quantitative estimate of drug-likeness (QED) is 0.749. The molecule has 0 unspecified atom stereocenters. The number of ether oxygens (including phenoxy) is 2. The standard InChI is InChI=1S/C16H21NO5/c1-21-7-8-22-14-4-2-3-11(10-14)15(18)17-13-6-5-12(9-13)16(19)20/h2-4,10,12-13H,5-9H2,1H3,(H,17,18)(H,19,20)/t12-,13+/m1/s1. The summed E-state index contributed by atoms with van der Waals surface area (Å²) in [6, 6.07) is 6.84. The molecule has 1 saturated carbocycles. The lowest BCUT2D eigenvalue weighted by atomic mass is 10.1. The number of hydrogen-bond donors (Lipinski definition) is 2. The fourth-order valence-electron chi connectivity index (χ4n) is 2.58. The van der Waals surface area contributed by atoms with Crippen molar-refractivity contribution in [3.05, 3.63) is 29.8 Å². The maximum absolute atomic E-state index is 12.2. The number of carboxylic acid groups (broad SMARTS) is 1. The SMILES string of the molecule is COCCOc1cccc(C(=O)N[C@H]2CC[C@@H](C(=O)O)C2)c1. The van der Waals surface area contributed by atoms with Crippen LogP contribution in [-0.4, -0.2) is 43.3 Å². The van der Waals surface area contributed by atoms with Gasteiger partial charge in [0, 0.05) is 18.7 Å². The van der Waals surface area contributed by atoms with E-state index < -0.39 is 5.97 Å². The Labute approximate surface area is 129 Å². The van der Waals surface area contributed by atoms with Crippen LogP contribution in [0.25, 0.3) is 0 Å². The van der Waals surface area contributed by atoms with Crippen molar-refractivity contribution < 1.29 is 24.2 Å². The maximum Gasteiger partial charge on any atom is 0.306 e. The molecular weight excluding hydrogens is 286 g/mol. The van der Waals surface area contributed by atoms with E-state index in [0.29, 0.717) is 43.8 Å². The summed E-state index contributed by atoms with van der Waals surface area (Å²) in [5.41, 5.74) is 0.508. The van der Waals surface area contributed by atoms with Gasteiger partial charge in [0.15, 0.2) is 0 Å². The van der Waals surface area contributed by atoms with E-state index >= 15 is 0 Å². The van der Waals surface area contributed by atoms with Gasteiger partial charge < -0.3 is 19.9 Å². The predicted octanol–water partition coefficient (Wildman–Crippen LogP) is 1.69. The third-order valence-electron chi connectivity index (χ3n) is 3.77. The summed E-state index contributed by atoms with van der Waals surface area (Å²) >= 11 is 0. The van der Waals surface area contributed by atoms with Gasteiger partial charge in [0.05, 0.1) is 12.5 Å². The first-order valence-electron chi connectivity index (χ1n) is 7.35. The molecule has 1 aliphatic carbocycles. The minimum Gasteiger partial charge on any atom is -0.491 e. The van der Waals surface area contributed by atoms with Crippen molar-refractivity contribution in [3.63, 3.8) is 0 Å². The molecule has 0 heterocycles. The van der Waals surface area contributed by atoms with Gasteiger partial charge in [0.1, 0.15) is 12.4 Å². The molecule has 6 nitrogen and oxygen atoms in total. The summed E-state index contributed by atoms with van der Waals surface area (Å²) < 4.78 is 10.4. The number of aliphatic carboxylic acids is 1. The molecule has 1 fully saturated rings. The number of methoxy groups -OCH3 is 1. The van der Waals surface area contributed by atoms with E-state index in [2.05, 4.69) is 5.32 Å². The Bertz CT molecular complexity index is 531. The molecule has 2 atom stereocenters. The van der Waals surface area contributed by atoms with Gasteiger partial charge in [-0.1, -0.05) is 6.07 Å². The van der Waals surface area contributed by atoms with E-state index in [4.69, 9.17) is 14.6 Å². The Morgan fingerprint density at radius 1 is 1.32 bits per heavy atom. The highest BCUT2D eigenvalue weighted by molar-refractivity contribution is 5.94. The average Bonchev–Trinajstić information content (AvgIpc) is 2.96. The lowest BCUT2D eigenvalue weighted by Crippen LogP contribution is -2.33. The van der Waals surface area contributed by atoms with Crippen LogP contribution in [0.15, 0.2) is 24.3 Å². The molecule has 1 aromatic rings. The van der Waals surface area contributed by atoms with Gasteiger partial charge in [-0.3, -0.25) is 9.59 Å². The maximum atomic E-state index is 12.2. The van der Waals surface area contributed by atoms with Crippen molar-refractivity contribution in [1.29, 1.82) is 0 Å². The number of carboxylic acids is 1. The average molecular weight is 307 g/mol. The molecule has 1 amide bonds. The molecule has 0 bridgehead atoms. The zero-order chi connectivity index (χ0) is 15.9. The van der Waals surface area contributed by atoms with E-state index in [9.17, 15) is 9.59 Å². The number of rotatable bonds is 7. The molecule has 6 heteroatoms. The fourth-order valence-corrected chi connectivity index (χ4v) is 2.58. The minimum absolute atomic E-state index is 0.0772. The van der Waals surface area contributed by atoms with Crippen LogP contribution in [0.2, 0.25) is 0 Å². The largest absolute Gasteiger partial charge is 0.491 e. The smallest absolute Gasteiger partial charge is 0.306 e. The van der Waals surface area contributed by atoms with Crippen molar-refractivity contribution in [2.24, 2.45) is 5.92 Å². The second-order valence-electron chi connectivity index (χ2n) is 5.39. The van der Waals surface area contributed by atoms with Gasteiger partial charge >= 0.3 is 5.97 Å². The molecule has 1 aliphatic rings. The van der Waals surface area contributed by atoms with Crippen molar-refractivity contribution in [2.45, 2.75) is 25.3 Å². The monoisotopic (exact) mass is 307 g/mol. The molecule has 2 N–H and O–H groups in total. The first kappa shape index (κ1) is 16.3. The molecule has 1 aromatic carbocycles. The van der Waals surface area contributed by atoms with E-state index in [1.54, 1.807) is 31.4 Å². The minimum atomic E-state index is -0.787. The lowest BCUT2D eigenvalue weighted by molar-refractivity contribution is -0.141. The van der Waals surface area contributed by atoms with Gasteiger partial charge in [-0.05, 0) is 37.5 Å². The number of carbonyl (C=O) groups is 2. The summed E-state index contributed by atoms with van der Waals surface area (Å²) in [7, 11) is 1.60. The van der Waals surface area contributed by atoms with Crippen LogP contribution in [0.4, 0.5) is 0 Å². The summed E-state index contributed by atoms with van der Waals surface area (Å²) in [5.74, 6) is -0.730. The van der Waals surface area contributed by atoms with Crippen LogP contribution in [-0.2, 0) is 9.53 Å². The molecule has 0 saturated heterocycles. The Morgan fingerprint density at radius 2 is 2.14 bits per heavy atom. The van der Waals surface area contributed by atoms with Gasteiger partial charge in [0.25, 0.3) is 5.91 Å². The van der Waals surface area contributed by atoms with Gasteiger partial charge in [-0.15, -0.1) is 0 Å². The topological polar surface area (TPSA) is 84.9 Å². The molecule has 2 rings (SSSR count). The van der Waals surface area contributed by atoms with E-state index in [-0.39, 0.29) is 17.9 Å². The van der Waals surface area contributed by atoms with Crippen LogP contribution in [0.3, 0.4) is 0 Å². The number of hydrogen-bond acceptors (Lipinski definition) is 4. The molecular formula is C16H21NO5. The Balaban J connectivity index is 1.90. The zero-order valence-corrected chi connectivity index (χ0v) is 12.6. The predicted molar refractivity (Wildman–Crippen MR) is 80.0 cm³/mol. The van der Waals surface area contributed by atoms with Crippen molar-refractivity contribution in [2.75, 3.05) is 20.3 Å². The Hall–Kier alpha value is -2.08. The second kappa shape index (κ2) is 7.79. The number of amides is 1. The van der Waals surface area contributed by atoms with Crippen LogP contribution < -0.4 is 10.1 Å². The normalized spacial score (nSPS) is 20.6. The molecule has 22 heavy (non-hydrogen) atoms. The number of carbonyl (C=O) groups excluding carboxylic acids is 1. The molecule has 0 spiro atoms. The van der Waals surface area contributed by atoms with Crippen LogP contribution >= 0.6 is 0 Å². The summed E-state index contributed by atoms with van der Waals surface area (Å²) in [6.07, 6.45) is 1.80.